The minimum atomic E-state index is -3.90. The smallest absolute Gasteiger partial charge is 0.309 e. The molecular weight excluding hydrogens is 536 g/mol. The molecule has 2 N–H and O–H groups in total. The third-order valence-electron chi connectivity index (χ3n) is 7.57. The maximum absolute atomic E-state index is 12.7. The van der Waals surface area contributed by atoms with Gasteiger partial charge in [0.1, 0.15) is 6.61 Å². The Hall–Kier alpha value is -2.97. The van der Waals surface area contributed by atoms with Crippen LogP contribution in [0, 0.1) is 6.92 Å². The highest BCUT2D eigenvalue weighted by atomic mass is 32.2. The van der Waals surface area contributed by atoms with Gasteiger partial charge in [-0.15, -0.1) is 0 Å². The molecule has 224 valence electrons. The van der Waals surface area contributed by atoms with Crippen LogP contribution in [0.25, 0.3) is 0 Å². The Bertz CT molecular complexity index is 1220. The highest BCUT2D eigenvalue weighted by molar-refractivity contribution is 7.90. The number of benzene rings is 2. The Kier molecular flexibility index (Phi) is 13.6. The van der Waals surface area contributed by atoms with Gasteiger partial charge in [-0.2, -0.15) is 0 Å². The number of carbonyl (C=O) groups excluding carboxylic acids is 2. The average Bonchev–Trinajstić information content (AvgIpc) is 3.51. The maximum atomic E-state index is 12.7. The van der Waals surface area contributed by atoms with E-state index in [1.165, 1.54) is 12.0 Å². The molecule has 1 fully saturated rings. The van der Waals surface area contributed by atoms with Gasteiger partial charge in [-0.25, -0.2) is 13.1 Å². The molecule has 1 aliphatic heterocycles. The fraction of sp³-hybridized carbons (Fsp3) is 0.515. The lowest BCUT2D eigenvalue weighted by atomic mass is 9.88. The lowest BCUT2D eigenvalue weighted by molar-refractivity contribution is -0.143. The van der Waals surface area contributed by atoms with Gasteiger partial charge in [-0.1, -0.05) is 86.7 Å². The van der Waals surface area contributed by atoms with Crippen LogP contribution in [-0.4, -0.2) is 32.9 Å². The topological polar surface area (TPSA) is 102 Å². The van der Waals surface area contributed by atoms with Crippen molar-refractivity contribution in [3.8, 4) is 0 Å². The number of nitrogens with one attached hydrogen (secondary N) is 2. The van der Waals surface area contributed by atoms with Crippen molar-refractivity contribution in [2.45, 2.75) is 108 Å². The van der Waals surface area contributed by atoms with Gasteiger partial charge in [0.25, 0.3) is 15.9 Å². The van der Waals surface area contributed by atoms with Crippen LogP contribution in [0.2, 0.25) is 0 Å². The molecule has 7 nitrogen and oxygen atoms in total. The molecule has 1 amide bonds. The number of hydrogen-bond acceptors (Lipinski definition) is 6. The second-order valence-electron chi connectivity index (χ2n) is 11.0. The van der Waals surface area contributed by atoms with E-state index >= 15 is 0 Å². The summed E-state index contributed by atoms with van der Waals surface area (Å²) in [5.74, 6) is -0.355. The zero-order valence-electron chi connectivity index (χ0n) is 24.6. The first-order chi connectivity index (χ1) is 19.8. The summed E-state index contributed by atoms with van der Waals surface area (Å²) >= 11 is 0. The van der Waals surface area contributed by atoms with Crippen LogP contribution in [0.4, 0.5) is 0 Å². The first kappa shape index (κ1) is 32.5. The summed E-state index contributed by atoms with van der Waals surface area (Å²) < 4.78 is 33.1. The number of ether oxygens (including phenoxy) is 1. The number of carbonyl (C=O) groups is 2. The summed E-state index contributed by atoms with van der Waals surface area (Å²) in [4.78, 5) is 24.4. The lowest BCUT2D eigenvalue weighted by Crippen LogP contribution is -2.43. The molecule has 2 unspecified atom stereocenters. The van der Waals surface area contributed by atoms with E-state index in [1.54, 1.807) is 12.1 Å². The SMILES string of the molecule is CCCCCC(CCCCC=CCC(=O)OCc1ccc(C)cc1)c1ccc(S(=O)(=O)NC(=O)C2CCCN2)cc1. The Balaban J connectivity index is 1.43. The van der Waals surface area contributed by atoms with Gasteiger partial charge in [-0.05, 0) is 81.2 Å². The highest BCUT2D eigenvalue weighted by Crippen LogP contribution is 2.29. The third-order valence-corrected chi connectivity index (χ3v) is 8.94. The number of hydrogen-bond donors (Lipinski definition) is 2. The monoisotopic (exact) mass is 582 g/mol. The minimum absolute atomic E-state index is 0.113. The van der Waals surface area contributed by atoms with Gasteiger partial charge in [0, 0.05) is 0 Å². The molecule has 1 saturated heterocycles. The van der Waals surface area contributed by atoms with Crippen LogP contribution in [-0.2, 0) is 31.0 Å². The summed E-state index contributed by atoms with van der Waals surface area (Å²) in [6, 6.07) is 14.5. The molecule has 0 bridgehead atoms. The number of aryl methyl sites for hydroxylation is 1. The second kappa shape index (κ2) is 17.1. The van der Waals surface area contributed by atoms with Gasteiger partial charge in [0.15, 0.2) is 0 Å². The highest BCUT2D eigenvalue weighted by Gasteiger charge is 2.27. The van der Waals surface area contributed by atoms with E-state index in [0.29, 0.717) is 18.9 Å². The Labute approximate surface area is 246 Å². The van der Waals surface area contributed by atoms with Gasteiger partial charge >= 0.3 is 5.97 Å². The molecule has 2 aromatic carbocycles. The van der Waals surface area contributed by atoms with Crippen LogP contribution < -0.4 is 10.0 Å². The molecule has 3 rings (SSSR count). The molecule has 1 aliphatic rings. The summed E-state index contributed by atoms with van der Waals surface area (Å²) in [5.41, 5.74) is 3.30. The summed E-state index contributed by atoms with van der Waals surface area (Å²) in [5, 5.41) is 3.03. The number of allylic oxidation sites excluding steroid dienone is 1. The summed E-state index contributed by atoms with van der Waals surface area (Å²) in [6.07, 6.45) is 14.2. The number of rotatable bonds is 17. The molecule has 0 aromatic heterocycles. The third kappa shape index (κ3) is 11.4. The van der Waals surface area contributed by atoms with Gasteiger partial charge in [0.05, 0.1) is 17.4 Å². The predicted molar refractivity (Wildman–Crippen MR) is 163 cm³/mol. The van der Waals surface area contributed by atoms with E-state index in [0.717, 1.165) is 69.0 Å². The Morgan fingerprint density at radius 3 is 2.37 bits per heavy atom. The molecule has 1 heterocycles. The van der Waals surface area contributed by atoms with Crippen molar-refractivity contribution in [3.63, 3.8) is 0 Å². The van der Waals surface area contributed by atoms with Crippen molar-refractivity contribution >= 4 is 21.9 Å². The van der Waals surface area contributed by atoms with Gasteiger partial charge in [0.2, 0.25) is 0 Å². The predicted octanol–water partition coefficient (Wildman–Crippen LogP) is 6.47. The van der Waals surface area contributed by atoms with E-state index in [9.17, 15) is 18.0 Å². The molecule has 2 aromatic rings. The lowest BCUT2D eigenvalue weighted by Gasteiger charge is -2.18. The zero-order chi connectivity index (χ0) is 29.5. The standard InChI is InChI=1S/C33H46N2O5S/c1-3-4-8-12-28(13-9-6-5-7-10-15-32(36)40-25-27-18-16-26(2)17-19-27)29-20-22-30(23-21-29)41(38,39)35-33(37)31-14-11-24-34-31/h7,10,16-23,28,31,34H,3-6,8-9,11-15,24-25H2,1-2H3,(H,35,37). The molecule has 0 radical (unpaired) electrons. The molecular formula is C33H46N2O5S. The fourth-order valence-electron chi connectivity index (χ4n) is 5.07. The van der Waals surface area contributed by atoms with E-state index in [1.807, 2.05) is 55.5 Å². The first-order valence-electron chi connectivity index (χ1n) is 15.0. The molecule has 41 heavy (non-hydrogen) atoms. The van der Waals surface area contributed by atoms with Crippen molar-refractivity contribution in [3.05, 3.63) is 77.4 Å². The van der Waals surface area contributed by atoms with E-state index in [-0.39, 0.29) is 17.3 Å². The van der Waals surface area contributed by atoms with Crippen LogP contribution >= 0.6 is 0 Å². The number of amides is 1. The summed E-state index contributed by atoms with van der Waals surface area (Å²) in [6.45, 7) is 5.24. The van der Waals surface area contributed by atoms with Crippen molar-refractivity contribution in [1.29, 1.82) is 0 Å². The van der Waals surface area contributed by atoms with Gasteiger partial charge in [-0.3, -0.25) is 9.59 Å². The Morgan fingerprint density at radius 1 is 1.00 bits per heavy atom. The van der Waals surface area contributed by atoms with E-state index in [4.69, 9.17) is 4.74 Å². The first-order valence-corrected chi connectivity index (χ1v) is 16.5. The maximum Gasteiger partial charge on any atom is 0.309 e. The molecule has 0 saturated carbocycles. The molecule has 8 heteroatoms. The van der Waals surface area contributed by atoms with Crippen LogP contribution in [0.15, 0.2) is 65.6 Å². The van der Waals surface area contributed by atoms with Crippen LogP contribution in [0.3, 0.4) is 0 Å². The summed E-state index contributed by atoms with van der Waals surface area (Å²) in [7, 11) is -3.90. The number of sulfonamides is 1. The van der Waals surface area contributed by atoms with Crippen LogP contribution in [0.5, 0.6) is 0 Å². The fourth-order valence-corrected chi connectivity index (χ4v) is 6.09. The minimum Gasteiger partial charge on any atom is -0.461 e. The number of esters is 1. The average molecular weight is 583 g/mol. The van der Waals surface area contributed by atoms with E-state index < -0.39 is 22.0 Å². The van der Waals surface area contributed by atoms with Crippen molar-refractivity contribution in [2.24, 2.45) is 0 Å². The zero-order valence-corrected chi connectivity index (χ0v) is 25.4. The van der Waals surface area contributed by atoms with Crippen LogP contribution in [0.1, 0.15) is 100 Å². The number of unbranched alkanes of at least 4 members (excludes halogenated alkanes) is 4. The van der Waals surface area contributed by atoms with Crippen molar-refractivity contribution in [1.82, 2.24) is 10.0 Å². The van der Waals surface area contributed by atoms with Crippen molar-refractivity contribution in [2.75, 3.05) is 6.54 Å². The largest absolute Gasteiger partial charge is 0.461 e. The Morgan fingerprint density at radius 2 is 1.71 bits per heavy atom. The quantitative estimate of drug-likeness (QED) is 0.126. The normalized spacial score (nSPS) is 16.1. The van der Waals surface area contributed by atoms with Gasteiger partial charge < -0.3 is 10.1 Å². The second-order valence-corrected chi connectivity index (χ2v) is 12.7. The molecule has 2 atom stereocenters. The van der Waals surface area contributed by atoms with Crippen molar-refractivity contribution < 1.29 is 22.7 Å². The van der Waals surface area contributed by atoms with E-state index in [2.05, 4.69) is 17.0 Å². The molecule has 0 aliphatic carbocycles. The molecule has 0 spiro atoms.